The Morgan fingerprint density at radius 2 is 2.12 bits per heavy atom. The molecule has 8 heteroatoms. The van der Waals surface area contributed by atoms with Crippen molar-refractivity contribution < 1.29 is 24.2 Å². The van der Waals surface area contributed by atoms with Gasteiger partial charge in [0.25, 0.3) is 0 Å². The minimum atomic E-state index is -0.689. The van der Waals surface area contributed by atoms with Crippen LogP contribution in [0.4, 0.5) is 0 Å². The fourth-order valence-corrected chi connectivity index (χ4v) is 8.01. The highest BCUT2D eigenvalue weighted by Crippen LogP contribution is 2.67. The third-order valence-corrected chi connectivity index (χ3v) is 9.24. The molecular weight excluding hydrogens is 428 g/mol. The maximum atomic E-state index is 14.0. The lowest BCUT2D eigenvalue weighted by Crippen LogP contribution is -2.58. The number of thioether (sulfide) groups is 1. The summed E-state index contributed by atoms with van der Waals surface area (Å²) in [6.07, 6.45) is 5.04. The van der Waals surface area contributed by atoms with E-state index < -0.39 is 28.7 Å². The number of amides is 2. The van der Waals surface area contributed by atoms with Crippen LogP contribution in [0.3, 0.4) is 0 Å². The van der Waals surface area contributed by atoms with E-state index >= 15 is 0 Å². The van der Waals surface area contributed by atoms with Gasteiger partial charge in [-0.3, -0.25) is 14.4 Å². The molecule has 2 amide bonds. The Kier molecular flexibility index (Phi) is 7.97. The van der Waals surface area contributed by atoms with Gasteiger partial charge < -0.3 is 19.6 Å². The smallest absolute Gasteiger partial charge is 0.310 e. The van der Waals surface area contributed by atoms with Gasteiger partial charge in [0.15, 0.2) is 0 Å². The summed E-state index contributed by atoms with van der Waals surface area (Å²) in [6.45, 7) is 12.6. The van der Waals surface area contributed by atoms with Crippen molar-refractivity contribution in [2.45, 2.75) is 75.5 Å². The fourth-order valence-electron chi connectivity index (χ4n) is 5.82. The van der Waals surface area contributed by atoms with Gasteiger partial charge in [-0.15, -0.1) is 18.3 Å². The number of fused-ring (bicyclic) bond motifs is 1. The number of rotatable bonds is 11. The van der Waals surface area contributed by atoms with Gasteiger partial charge in [-0.1, -0.05) is 33.3 Å². The lowest BCUT2D eigenvalue weighted by Gasteiger charge is -2.40. The van der Waals surface area contributed by atoms with Crippen LogP contribution in [-0.4, -0.2) is 81.1 Å². The second-order valence-electron chi connectivity index (χ2n) is 9.47. The number of esters is 1. The highest BCUT2D eigenvalue weighted by Gasteiger charge is 2.74. The zero-order valence-corrected chi connectivity index (χ0v) is 20.6. The van der Waals surface area contributed by atoms with Gasteiger partial charge >= 0.3 is 5.97 Å². The average molecular weight is 467 g/mol. The second-order valence-corrected chi connectivity index (χ2v) is 11.1. The molecular formula is C24H38N2O5S. The predicted molar refractivity (Wildman–Crippen MR) is 125 cm³/mol. The lowest BCUT2D eigenvalue weighted by atomic mass is 9.71. The van der Waals surface area contributed by atoms with E-state index in [-0.39, 0.29) is 42.2 Å². The minimum absolute atomic E-state index is 0.00410. The third-order valence-electron chi connectivity index (χ3n) is 7.29. The van der Waals surface area contributed by atoms with Gasteiger partial charge in [0.2, 0.25) is 11.8 Å². The zero-order chi connectivity index (χ0) is 23.6. The van der Waals surface area contributed by atoms with E-state index in [1.807, 2.05) is 13.8 Å². The third kappa shape index (κ3) is 3.98. The summed E-state index contributed by atoms with van der Waals surface area (Å²) in [7, 11) is 0. The summed E-state index contributed by atoms with van der Waals surface area (Å²) < 4.78 is 4.71. The molecule has 0 aromatic heterocycles. The van der Waals surface area contributed by atoms with E-state index in [0.717, 1.165) is 19.3 Å². The van der Waals surface area contributed by atoms with Crippen LogP contribution in [0.15, 0.2) is 12.7 Å². The molecule has 0 saturated carbocycles. The molecule has 0 aromatic rings. The maximum Gasteiger partial charge on any atom is 0.310 e. The van der Waals surface area contributed by atoms with E-state index in [0.29, 0.717) is 19.5 Å². The SMILES string of the molecule is C=CCN(CCCC)C(=O)C1N([C@@H](CO)C(C)C)C(=O)[C@@H]2[C@@H](C(=O)OCC)[C@H]3CCC12S3. The van der Waals surface area contributed by atoms with Gasteiger partial charge in [-0.05, 0) is 32.1 Å². The van der Waals surface area contributed by atoms with Crippen molar-refractivity contribution in [1.82, 2.24) is 9.80 Å². The Morgan fingerprint density at radius 3 is 2.69 bits per heavy atom. The number of hydrogen-bond donors (Lipinski definition) is 1. The number of carbonyl (C=O) groups excluding carboxylic acids is 3. The highest BCUT2D eigenvalue weighted by atomic mass is 32.2. The number of unbranched alkanes of at least 4 members (excludes halogenated alkanes) is 1. The number of likely N-dealkylation sites (tertiary alicyclic amines) is 1. The Hall–Kier alpha value is -1.54. The molecule has 3 heterocycles. The second kappa shape index (κ2) is 10.2. The molecule has 7 nitrogen and oxygen atoms in total. The number of ether oxygens (including phenoxy) is 1. The summed E-state index contributed by atoms with van der Waals surface area (Å²) >= 11 is 1.64. The number of aliphatic hydroxyl groups excluding tert-OH is 1. The van der Waals surface area contributed by atoms with Crippen molar-refractivity contribution >= 4 is 29.5 Å². The zero-order valence-electron chi connectivity index (χ0n) is 19.8. The maximum absolute atomic E-state index is 14.0. The van der Waals surface area contributed by atoms with Crippen molar-refractivity contribution in [2.24, 2.45) is 17.8 Å². The molecule has 3 aliphatic heterocycles. The topological polar surface area (TPSA) is 87.2 Å². The van der Waals surface area contributed by atoms with E-state index in [9.17, 15) is 19.5 Å². The van der Waals surface area contributed by atoms with Gasteiger partial charge in [0.05, 0.1) is 35.8 Å². The normalized spacial score (nSPS) is 31.7. The van der Waals surface area contributed by atoms with Crippen molar-refractivity contribution in [3.05, 3.63) is 12.7 Å². The Bertz CT molecular complexity index is 744. The molecule has 3 rings (SSSR count). The van der Waals surface area contributed by atoms with Gasteiger partial charge in [0, 0.05) is 18.3 Å². The van der Waals surface area contributed by atoms with E-state index in [1.54, 1.807) is 34.6 Å². The minimum Gasteiger partial charge on any atom is -0.466 e. The molecule has 6 atom stereocenters. The van der Waals surface area contributed by atoms with Gasteiger partial charge in [-0.2, -0.15) is 0 Å². The van der Waals surface area contributed by atoms with Crippen LogP contribution >= 0.6 is 11.8 Å². The van der Waals surface area contributed by atoms with Gasteiger partial charge in [-0.25, -0.2) is 0 Å². The molecule has 1 spiro atoms. The van der Waals surface area contributed by atoms with Crippen LogP contribution in [0.2, 0.25) is 0 Å². The molecule has 0 aromatic carbocycles. The predicted octanol–water partition coefficient (Wildman–Crippen LogP) is 2.47. The molecule has 3 aliphatic rings. The average Bonchev–Trinajstić information content (AvgIpc) is 3.39. The van der Waals surface area contributed by atoms with Crippen LogP contribution < -0.4 is 0 Å². The number of nitrogens with zero attached hydrogens (tertiary/aromatic N) is 2. The number of aliphatic hydroxyl groups is 1. The summed E-state index contributed by atoms with van der Waals surface area (Å²) in [5.41, 5.74) is 0. The molecule has 2 bridgehead atoms. The lowest BCUT2D eigenvalue weighted by molar-refractivity contribution is -0.154. The fraction of sp³-hybridized carbons (Fsp3) is 0.792. The van der Waals surface area contributed by atoms with Crippen molar-refractivity contribution in [3.63, 3.8) is 0 Å². The number of carbonyl (C=O) groups is 3. The van der Waals surface area contributed by atoms with Crippen molar-refractivity contribution in [2.75, 3.05) is 26.3 Å². The largest absolute Gasteiger partial charge is 0.466 e. The number of hydrogen-bond acceptors (Lipinski definition) is 6. The molecule has 180 valence electrons. The highest BCUT2D eigenvalue weighted by molar-refractivity contribution is 8.02. The van der Waals surface area contributed by atoms with Crippen LogP contribution in [0.5, 0.6) is 0 Å². The van der Waals surface area contributed by atoms with Crippen molar-refractivity contribution in [1.29, 1.82) is 0 Å². The van der Waals surface area contributed by atoms with E-state index in [1.165, 1.54) is 0 Å². The van der Waals surface area contributed by atoms with E-state index in [4.69, 9.17) is 4.74 Å². The van der Waals surface area contributed by atoms with Crippen LogP contribution in [0.1, 0.15) is 53.4 Å². The first-order chi connectivity index (χ1) is 15.3. The summed E-state index contributed by atoms with van der Waals surface area (Å²) in [5.74, 6) is -1.75. The Morgan fingerprint density at radius 1 is 1.41 bits per heavy atom. The molecule has 3 fully saturated rings. The summed E-state index contributed by atoms with van der Waals surface area (Å²) in [5, 5.41) is 10.2. The first-order valence-corrected chi connectivity index (χ1v) is 12.8. The molecule has 2 unspecified atom stereocenters. The Labute approximate surface area is 195 Å². The van der Waals surface area contributed by atoms with E-state index in [2.05, 4.69) is 13.5 Å². The quantitative estimate of drug-likeness (QED) is 0.372. The van der Waals surface area contributed by atoms with Crippen LogP contribution in [0, 0.1) is 17.8 Å². The van der Waals surface area contributed by atoms with Crippen LogP contribution in [0.25, 0.3) is 0 Å². The summed E-state index contributed by atoms with van der Waals surface area (Å²) in [4.78, 5) is 44.3. The molecule has 1 N–H and O–H groups in total. The molecule has 0 aliphatic carbocycles. The van der Waals surface area contributed by atoms with Gasteiger partial charge in [0.1, 0.15) is 6.04 Å². The first-order valence-electron chi connectivity index (χ1n) is 12.0. The molecule has 32 heavy (non-hydrogen) atoms. The first kappa shape index (κ1) is 25.1. The standard InChI is InChI=1S/C24H38N2O5S/c1-6-9-13-25(12-7-2)22(29)20-24-11-10-17(32-24)18(23(30)31-8-3)19(24)21(28)26(20)16(14-27)15(4)5/h7,15-20,27H,2,6,8-14H2,1,3-5H3/t16-,17+,18-,19-,20?,24?/m0/s1. The molecule has 0 radical (unpaired) electrons. The molecule has 3 saturated heterocycles. The Balaban J connectivity index is 2.07. The monoisotopic (exact) mass is 466 g/mol. The summed E-state index contributed by atoms with van der Waals surface area (Å²) in [6, 6.07) is -1.17. The van der Waals surface area contributed by atoms with Crippen molar-refractivity contribution in [3.8, 4) is 0 Å². The van der Waals surface area contributed by atoms with Crippen LogP contribution in [-0.2, 0) is 19.1 Å².